The monoisotopic (exact) mass is 532 g/mol. The predicted octanol–water partition coefficient (Wildman–Crippen LogP) is 5.73. The van der Waals surface area contributed by atoms with Gasteiger partial charge < -0.3 is 20.1 Å². The molecule has 4 heterocycles. The summed E-state index contributed by atoms with van der Waals surface area (Å²) in [5.74, 6) is 0.761. The molecular weight excluding hydrogens is 504 g/mol. The van der Waals surface area contributed by atoms with Gasteiger partial charge in [-0.1, -0.05) is 48.5 Å². The van der Waals surface area contributed by atoms with Crippen LogP contribution in [0.25, 0.3) is 16.6 Å². The fraction of sp³-hybridized carbons (Fsp3) is 0.161. The van der Waals surface area contributed by atoms with Gasteiger partial charge in [0.2, 0.25) is 5.91 Å². The molecule has 1 aliphatic rings. The Labute approximate surface area is 232 Å². The number of carbonyl (C=O) groups excluding carboxylic acids is 1. The highest BCUT2D eigenvalue weighted by molar-refractivity contribution is 7.80. The summed E-state index contributed by atoms with van der Waals surface area (Å²) in [4.78, 5) is 24.5. The summed E-state index contributed by atoms with van der Waals surface area (Å²) in [6.45, 7) is 2.47. The summed E-state index contributed by atoms with van der Waals surface area (Å²) in [6.07, 6.45) is 5.94. The van der Waals surface area contributed by atoms with E-state index in [4.69, 9.17) is 12.2 Å². The number of carbonyl (C=O) groups is 1. The van der Waals surface area contributed by atoms with Gasteiger partial charge in [-0.25, -0.2) is 4.98 Å². The molecule has 2 atom stereocenters. The van der Waals surface area contributed by atoms with Crippen molar-refractivity contribution >= 4 is 39.7 Å². The number of rotatable bonds is 7. The molecule has 0 saturated carbocycles. The number of nitrogens with one attached hydrogen (secondary N) is 2. The van der Waals surface area contributed by atoms with E-state index in [1.54, 1.807) is 6.20 Å². The summed E-state index contributed by atoms with van der Waals surface area (Å²) in [5, 5.41) is 9.27. The highest BCUT2D eigenvalue weighted by atomic mass is 32.1. The number of benzene rings is 2. The number of amides is 1. The average Bonchev–Trinajstić information content (AvgIpc) is 3.57. The van der Waals surface area contributed by atoms with Crippen LogP contribution in [0.4, 0.5) is 5.69 Å². The van der Waals surface area contributed by atoms with Crippen LogP contribution in [0, 0.1) is 6.92 Å². The van der Waals surface area contributed by atoms with Crippen LogP contribution >= 0.6 is 12.2 Å². The van der Waals surface area contributed by atoms with Crippen molar-refractivity contribution in [2.24, 2.45) is 0 Å². The third-order valence-corrected chi connectivity index (χ3v) is 7.42. The van der Waals surface area contributed by atoms with Crippen molar-refractivity contribution in [1.82, 2.24) is 24.8 Å². The van der Waals surface area contributed by atoms with Gasteiger partial charge in [0.15, 0.2) is 5.11 Å². The molecule has 1 aliphatic heterocycles. The van der Waals surface area contributed by atoms with Gasteiger partial charge in [0, 0.05) is 48.3 Å². The van der Waals surface area contributed by atoms with Gasteiger partial charge in [0.05, 0.1) is 17.8 Å². The van der Waals surface area contributed by atoms with Gasteiger partial charge in [0.25, 0.3) is 0 Å². The Morgan fingerprint density at radius 2 is 1.82 bits per heavy atom. The molecule has 0 aliphatic carbocycles. The van der Waals surface area contributed by atoms with Crippen LogP contribution in [0.3, 0.4) is 0 Å². The SMILES string of the molecule is Cc1ccc(-n2cccc2[C@H]2[C@H](c3ccccn3)NC(=S)N2CCC(=O)Nc2cccc3ccccc23)nc1. The molecule has 6 rings (SSSR count). The smallest absolute Gasteiger partial charge is 0.226 e. The number of anilines is 1. The Balaban J connectivity index is 1.29. The number of fused-ring (bicyclic) bond motifs is 1. The van der Waals surface area contributed by atoms with Crippen molar-refractivity contribution in [2.45, 2.75) is 25.4 Å². The molecule has 0 unspecified atom stereocenters. The summed E-state index contributed by atoms with van der Waals surface area (Å²) in [5.41, 5.74) is 3.81. The van der Waals surface area contributed by atoms with E-state index in [1.165, 1.54) is 0 Å². The molecule has 3 aromatic heterocycles. The summed E-state index contributed by atoms with van der Waals surface area (Å²) < 4.78 is 2.08. The predicted molar refractivity (Wildman–Crippen MR) is 158 cm³/mol. The molecule has 2 aromatic carbocycles. The lowest BCUT2D eigenvalue weighted by molar-refractivity contribution is -0.116. The largest absolute Gasteiger partial charge is 0.352 e. The van der Waals surface area contributed by atoms with Gasteiger partial charge >= 0.3 is 0 Å². The molecule has 1 amide bonds. The number of pyridine rings is 2. The zero-order valence-electron chi connectivity index (χ0n) is 21.5. The lowest BCUT2D eigenvalue weighted by Gasteiger charge is -2.28. The molecular formula is C31H28N6OS. The highest BCUT2D eigenvalue weighted by Crippen LogP contribution is 2.39. The van der Waals surface area contributed by atoms with Gasteiger partial charge in [-0.2, -0.15) is 0 Å². The second kappa shape index (κ2) is 10.7. The maximum atomic E-state index is 13.2. The first-order chi connectivity index (χ1) is 19.1. The van der Waals surface area contributed by atoms with Crippen molar-refractivity contribution < 1.29 is 4.79 Å². The normalized spacial score (nSPS) is 16.8. The standard InChI is InChI=1S/C31H28N6OS/c1-21-14-15-27(33-20-21)36-18-7-13-26(36)30-29(25-11-4-5-17-32-25)35-31(39)37(30)19-16-28(38)34-24-12-6-9-22-8-2-3-10-23(22)24/h2-15,17-18,20,29-30H,16,19H2,1H3,(H,34,38)(H,35,39)/t29-,30-/m0/s1. The first kappa shape index (κ1) is 24.8. The molecule has 0 bridgehead atoms. The zero-order valence-corrected chi connectivity index (χ0v) is 22.3. The van der Waals surface area contributed by atoms with Crippen molar-refractivity contribution in [3.8, 4) is 5.82 Å². The van der Waals surface area contributed by atoms with Gasteiger partial charge in [0.1, 0.15) is 5.82 Å². The van der Waals surface area contributed by atoms with Gasteiger partial charge in [-0.3, -0.25) is 9.78 Å². The lowest BCUT2D eigenvalue weighted by Crippen LogP contribution is -2.33. The minimum atomic E-state index is -0.184. The number of nitrogens with zero attached hydrogens (tertiary/aromatic N) is 4. The fourth-order valence-electron chi connectivity index (χ4n) is 5.18. The minimum Gasteiger partial charge on any atom is -0.352 e. The van der Waals surface area contributed by atoms with Crippen LogP contribution in [0.15, 0.2) is 104 Å². The Morgan fingerprint density at radius 3 is 2.64 bits per heavy atom. The van der Waals surface area contributed by atoms with Crippen LogP contribution in [0.2, 0.25) is 0 Å². The lowest BCUT2D eigenvalue weighted by atomic mass is 10.0. The van der Waals surface area contributed by atoms with Crippen molar-refractivity contribution in [1.29, 1.82) is 0 Å². The van der Waals surface area contributed by atoms with Crippen LogP contribution in [-0.2, 0) is 4.79 Å². The van der Waals surface area contributed by atoms with Crippen molar-refractivity contribution in [2.75, 3.05) is 11.9 Å². The first-order valence-corrected chi connectivity index (χ1v) is 13.4. The number of aryl methyl sites for hydroxylation is 1. The average molecular weight is 533 g/mol. The van der Waals surface area contributed by atoms with Crippen molar-refractivity contribution in [3.63, 3.8) is 0 Å². The first-order valence-electron chi connectivity index (χ1n) is 12.9. The molecule has 2 N–H and O–H groups in total. The molecule has 1 saturated heterocycles. The molecule has 7 nitrogen and oxygen atoms in total. The van der Waals surface area contributed by atoms with Crippen molar-refractivity contribution in [3.05, 3.63) is 120 Å². The fourth-order valence-corrected chi connectivity index (χ4v) is 5.52. The summed E-state index contributed by atoms with van der Waals surface area (Å²) >= 11 is 5.82. The quantitative estimate of drug-likeness (QED) is 0.261. The highest BCUT2D eigenvalue weighted by Gasteiger charge is 2.41. The zero-order chi connectivity index (χ0) is 26.8. The van der Waals surface area contributed by atoms with E-state index in [1.807, 2.05) is 92.1 Å². The molecule has 0 radical (unpaired) electrons. The number of hydrogen-bond acceptors (Lipinski definition) is 4. The van der Waals surface area contributed by atoms with Gasteiger partial charge in [-0.15, -0.1) is 0 Å². The van der Waals surface area contributed by atoms with Crippen LogP contribution in [0.5, 0.6) is 0 Å². The third-order valence-electron chi connectivity index (χ3n) is 7.07. The molecule has 39 heavy (non-hydrogen) atoms. The Hall–Kier alpha value is -4.56. The maximum Gasteiger partial charge on any atom is 0.226 e. The second-order valence-electron chi connectivity index (χ2n) is 9.64. The third kappa shape index (κ3) is 4.98. The number of thiocarbonyl (C=S) groups is 1. The van der Waals surface area contributed by atoms with E-state index in [-0.39, 0.29) is 24.4 Å². The minimum absolute atomic E-state index is 0.0650. The Morgan fingerprint density at radius 1 is 0.974 bits per heavy atom. The molecule has 0 spiro atoms. The van der Waals surface area contributed by atoms with E-state index in [0.717, 1.165) is 39.2 Å². The molecule has 194 valence electrons. The Bertz CT molecular complexity index is 1630. The number of hydrogen-bond donors (Lipinski definition) is 2. The Kier molecular flexibility index (Phi) is 6.77. The topological polar surface area (TPSA) is 75.1 Å². The van der Waals surface area contributed by atoms with E-state index < -0.39 is 0 Å². The van der Waals surface area contributed by atoms with E-state index in [0.29, 0.717) is 11.7 Å². The second-order valence-corrected chi connectivity index (χ2v) is 10.0. The number of aromatic nitrogens is 3. The van der Waals surface area contributed by atoms with Crippen LogP contribution < -0.4 is 10.6 Å². The summed E-state index contributed by atoms with van der Waals surface area (Å²) in [6, 6.07) is 27.6. The molecule has 5 aromatic rings. The van der Waals surface area contributed by atoms with E-state index in [9.17, 15) is 4.79 Å². The van der Waals surface area contributed by atoms with Gasteiger partial charge in [-0.05, 0) is 66.5 Å². The van der Waals surface area contributed by atoms with E-state index in [2.05, 4.69) is 42.2 Å². The van der Waals surface area contributed by atoms with Crippen LogP contribution in [-0.4, -0.2) is 37.0 Å². The molecule has 1 fully saturated rings. The maximum absolute atomic E-state index is 13.2. The van der Waals surface area contributed by atoms with Crippen LogP contribution in [0.1, 0.15) is 35.5 Å². The van der Waals surface area contributed by atoms with E-state index >= 15 is 0 Å². The molecule has 8 heteroatoms. The summed E-state index contributed by atoms with van der Waals surface area (Å²) in [7, 11) is 0.